The molecule has 0 unspecified atom stereocenters. The molecule has 2 N–H and O–H groups in total. The highest BCUT2D eigenvalue weighted by Gasteiger charge is 2.09. The van der Waals surface area contributed by atoms with Crippen LogP contribution in [0.4, 0.5) is 0 Å². The fourth-order valence-electron chi connectivity index (χ4n) is 1.95. The van der Waals surface area contributed by atoms with Gasteiger partial charge in [0.05, 0.1) is 18.7 Å². The number of carbonyl (C=O) groups is 1. The van der Waals surface area contributed by atoms with E-state index >= 15 is 0 Å². The first kappa shape index (κ1) is 15.4. The number of nitrogens with zero attached hydrogens (tertiary/aromatic N) is 1. The first-order valence-corrected chi connectivity index (χ1v) is 7.15. The molecule has 0 aliphatic carbocycles. The Labute approximate surface area is 128 Å². The monoisotopic (exact) mass is 307 g/mol. The number of aryl methyl sites for hydroxylation is 1. The molecule has 0 spiro atoms. The zero-order chi connectivity index (χ0) is 15.2. The molecule has 0 saturated carbocycles. The zero-order valence-electron chi connectivity index (χ0n) is 12.1. The van der Waals surface area contributed by atoms with Gasteiger partial charge >= 0.3 is 0 Å². The van der Waals surface area contributed by atoms with Gasteiger partial charge in [-0.05, 0) is 32.0 Å². The Morgan fingerprint density at radius 2 is 2.24 bits per heavy atom. The second kappa shape index (κ2) is 7.13. The van der Waals surface area contributed by atoms with E-state index in [1.165, 1.54) is 0 Å². The number of aromatic nitrogens is 2. The molecule has 1 aromatic carbocycles. The molecule has 6 heteroatoms. The normalized spacial score (nSPS) is 10.4. The molecule has 1 amide bonds. The molecular weight excluding hydrogens is 290 g/mol. The number of ether oxygens (including phenoxy) is 1. The molecule has 5 nitrogen and oxygen atoms in total. The molecule has 2 rings (SSSR count). The quantitative estimate of drug-likeness (QED) is 0.862. The van der Waals surface area contributed by atoms with Gasteiger partial charge < -0.3 is 10.1 Å². The minimum absolute atomic E-state index is 0.0844. The molecule has 2 aromatic rings. The van der Waals surface area contributed by atoms with Crippen molar-refractivity contribution in [2.45, 2.75) is 26.8 Å². The lowest BCUT2D eigenvalue weighted by molar-refractivity contribution is -0.120. The maximum absolute atomic E-state index is 11.9. The Hall–Kier alpha value is -2.01. The number of carbonyl (C=O) groups excluding carboxylic acids is 1. The number of halogens is 1. The second-order valence-corrected chi connectivity index (χ2v) is 5.12. The van der Waals surface area contributed by atoms with Gasteiger partial charge in [-0.3, -0.25) is 9.89 Å². The molecule has 0 saturated heterocycles. The van der Waals surface area contributed by atoms with Gasteiger partial charge in [0.25, 0.3) is 0 Å². The molecule has 112 valence electrons. The van der Waals surface area contributed by atoms with E-state index in [0.29, 0.717) is 23.9 Å². The van der Waals surface area contributed by atoms with Crippen molar-refractivity contribution < 1.29 is 9.53 Å². The third kappa shape index (κ3) is 4.49. The van der Waals surface area contributed by atoms with Crippen LogP contribution >= 0.6 is 11.6 Å². The van der Waals surface area contributed by atoms with Gasteiger partial charge in [0.1, 0.15) is 5.75 Å². The Morgan fingerprint density at radius 3 is 2.90 bits per heavy atom. The first-order valence-electron chi connectivity index (χ1n) is 6.77. The number of amides is 1. The van der Waals surface area contributed by atoms with E-state index in [1.807, 2.05) is 26.0 Å². The third-order valence-corrected chi connectivity index (χ3v) is 3.14. The van der Waals surface area contributed by atoms with Crippen molar-refractivity contribution in [2.75, 3.05) is 6.61 Å². The lowest BCUT2D eigenvalue weighted by Crippen LogP contribution is -2.25. The Kier molecular flexibility index (Phi) is 5.22. The predicted octanol–water partition coefficient (Wildman–Crippen LogP) is 2.63. The summed E-state index contributed by atoms with van der Waals surface area (Å²) in [6, 6.07) is 7.24. The standard InChI is InChI=1S/C15H18ClN3O2/c1-3-21-14-7-12(16)5-4-11(14)9-17-15(20)8-13-6-10(2)18-19-13/h4-7H,3,8-9H2,1-2H3,(H,17,20)(H,18,19). The van der Waals surface area contributed by atoms with Crippen LogP contribution in [0.1, 0.15) is 23.9 Å². The molecule has 0 aliphatic heterocycles. The smallest absolute Gasteiger partial charge is 0.226 e. The number of hydrogen-bond acceptors (Lipinski definition) is 3. The van der Waals surface area contributed by atoms with Gasteiger partial charge in [0, 0.05) is 22.8 Å². The Morgan fingerprint density at radius 1 is 1.43 bits per heavy atom. The SMILES string of the molecule is CCOc1cc(Cl)ccc1CNC(=O)Cc1cc(C)[nH]n1. The fourth-order valence-corrected chi connectivity index (χ4v) is 2.11. The van der Waals surface area contributed by atoms with Crippen molar-refractivity contribution in [3.05, 3.63) is 46.2 Å². The van der Waals surface area contributed by atoms with Crippen LogP contribution in [0.3, 0.4) is 0 Å². The van der Waals surface area contributed by atoms with Crippen LogP contribution in [0.25, 0.3) is 0 Å². The van der Waals surface area contributed by atoms with Crippen LogP contribution in [0.5, 0.6) is 5.75 Å². The van der Waals surface area contributed by atoms with E-state index in [2.05, 4.69) is 15.5 Å². The summed E-state index contributed by atoms with van der Waals surface area (Å²) in [4.78, 5) is 11.9. The largest absolute Gasteiger partial charge is 0.493 e. The van der Waals surface area contributed by atoms with Crippen LogP contribution in [-0.2, 0) is 17.8 Å². The lowest BCUT2D eigenvalue weighted by Gasteiger charge is -2.11. The number of nitrogens with one attached hydrogen (secondary N) is 2. The fraction of sp³-hybridized carbons (Fsp3) is 0.333. The minimum atomic E-state index is -0.0844. The number of benzene rings is 1. The van der Waals surface area contributed by atoms with Crippen molar-refractivity contribution in [3.63, 3.8) is 0 Å². The molecular formula is C15H18ClN3O2. The van der Waals surface area contributed by atoms with E-state index in [1.54, 1.807) is 12.1 Å². The van der Waals surface area contributed by atoms with E-state index in [9.17, 15) is 4.79 Å². The maximum Gasteiger partial charge on any atom is 0.226 e. The number of aromatic amines is 1. The minimum Gasteiger partial charge on any atom is -0.493 e. The highest BCUT2D eigenvalue weighted by Crippen LogP contribution is 2.23. The van der Waals surface area contributed by atoms with E-state index < -0.39 is 0 Å². The summed E-state index contributed by atoms with van der Waals surface area (Å²) in [6.45, 7) is 4.75. The van der Waals surface area contributed by atoms with Crippen molar-refractivity contribution >= 4 is 17.5 Å². The highest BCUT2D eigenvalue weighted by molar-refractivity contribution is 6.30. The molecule has 21 heavy (non-hydrogen) atoms. The summed E-state index contributed by atoms with van der Waals surface area (Å²) < 4.78 is 5.52. The van der Waals surface area contributed by atoms with Gasteiger partial charge in [-0.15, -0.1) is 0 Å². The molecule has 0 fully saturated rings. The molecule has 1 aromatic heterocycles. The van der Waals surface area contributed by atoms with E-state index in [-0.39, 0.29) is 12.3 Å². The summed E-state index contributed by atoms with van der Waals surface area (Å²) in [5.74, 6) is 0.611. The van der Waals surface area contributed by atoms with Crippen LogP contribution < -0.4 is 10.1 Å². The van der Waals surface area contributed by atoms with E-state index in [4.69, 9.17) is 16.3 Å². The van der Waals surface area contributed by atoms with Crippen LogP contribution in [-0.4, -0.2) is 22.7 Å². The van der Waals surface area contributed by atoms with Crippen molar-refractivity contribution in [1.29, 1.82) is 0 Å². The predicted molar refractivity (Wildman–Crippen MR) is 81.5 cm³/mol. The first-order chi connectivity index (χ1) is 10.1. The summed E-state index contributed by atoms with van der Waals surface area (Å²) >= 11 is 5.95. The van der Waals surface area contributed by atoms with Gasteiger partial charge in [-0.1, -0.05) is 17.7 Å². The van der Waals surface area contributed by atoms with Crippen molar-refractivity contribution in [1.82, 2.24) is 15.5 Å². The number of H-pyrrole nitrogens is 1. The summed E-state index contributed by atoms with van der Waals surface area (Å²) in [7, 11) is 0. The highest BCUT2D eigenvalue weighted by atomic mass is 35.5. The van der Waals surface area contributed by atoms with Gasteiger partial charge in [-0.2, -0.15) is 5.10 Å². The zero-order valence-corrected chi connectivity index (χ0v) is 12.8. The maximum atomic E-state index is 11.9. The summed E-state index contributed by atoms with van der Waals surface area (Å²) in [6.07, 6.45) is 0.252. The molecule has 0 atom stereocenters. The number of hydrogen-bond donors (Lipinski definition) is 2. The molecule has 0 radical (unpaired) electrons. The average molecular weight is 308 g/mol. The second-order valence-electron chi connectivity index (χ2n) is 4.68. The van der Waals surface area contributed by atoms with E-state index in [0.717, 1.165) is 17.0 Å². The van der Waals surface area contributed by atoms with Gasteiger partial charge in [0.2, 0.25) is 5.91 Å². The number of rotatable bonds is 6. The third-order valence-electron chi connectivity index (χ3n) is 2.91. The summed E-state index contributed by atoms with van der Waals surface area (Å²) in [5.41, 5.74) is 2.56. The van der Waals surface area contributed by atoms with Gasteiger partial charge in [-0.25, -0.2) is 0 Å². The Bertz CT molecular complexity index is 625. The summed E-state index contributed by atoms with van der Waals surface area (Å²) in [5, 5.41) is 10.3. The molecule has 1 heterocycles. The average Bonchev–Trinajstić information content (AvgIpc) is 2.83. The molecule has 0 bridgehead atoms. The van der Waals surface area contributed by atoms with Crippen molar-refractivity contribution in [2.24, 2.45) is 0 Å². The molecule has 0 aliphatic rings. The topological polar surface area (TPSA) is 67.0 Å². The van der Waals surface area contributed by atoms with Crippen LogP contribution in [0.2, 0.25) is 5.02 Å². The Balaban J connectivity index is 1.94. The van der Waals surface area contributed by atoms with Crippen LogP contribution in [0, 0.1) is 6.92 Å². The van der Waals surface area contributed by atoms with Crippen LogP contribution in [0.15, 0.2) is 24.3 Å². The lowest BCUT2D eigenvalue weighted by atomic mass is 10.2. The van der Waals surface area contributed by atoms with Crippen molar-refractivity contribution in [3.8, 4) is 5.75 Å². The van der Waals surface area contributed by atoms with Gasteiger partial charge in [0.15, 0.2) is 0 Å².